The molecule has 7 heteroatoms. The fourth-order valence-corrected chi connectivity index (χ4v) is 1.95. The first kappa shape index (κ1) is 12.3. The molecule has 0 fully saturated rings. The first-order valence-corrected chi connectivity index (χ1v) is 5.65. The zero-order chi connectivity index (χ0) is 11.6. The molecule has 0 amide bonds. The average molecular weight is 299 g/mol. The summed E-state index contributed by atoms with van der Waals surface area (Å²) in [7, 11) is -2.49. The molecule has 0 radical (unpaired) electrons. The van der Waals surface area contributed by atoms with Crippen LogP contribution in [0.5, 0.6) is 0 Å². The first-order valence-electron chi connectivity index (χ1n) is 3.65. The second kappa shape index (κ2) is 4.80. The lowest BCUT2D eigenvalue weighted by Crippen LogP contribution is -2.05. The molecule has 0 heterocycles. The van der Waals surface area contributed by atoms with Crippen LogP contribution in [0.2, 0.25) is 0 Å². The van der Waals surface area contributed by atoms with Crippen LogP contribution in [0.15, 0.2) is 27.6 Å². The number of aromatic carboxylic acids is 1. The maximum Gasteiger partial charge on any atom is 0.336 e. The molecular weight excluding hydrogens is 294 g/mol. The number of halogens is 3. The number of rotatable bonds is 3. The van der Waals surface area contributed by atoms with Crippen molar-refractivity contribution in [3.63, 3.8) is 0 Å². The van der Waals surface area contributed by atoms with Crippen LogP contribution in [0.1, 0.15) is 10.4 Å². The molecule has 0 saturated heterocycles. The summed E-state index contributed by atoms with van der Waals surface area (Å²) < 4.78 is 35.4. The summed E-state index contributed by atoms with van der Waals surface area (Å²) in [5, 5.41) is 8.69. The van der Waals surface area contributed by atoms with Gasteiger partial charge in [-0.1, -0.05) is 0 Å². The second-order valence-electron chi connectivity index (χ2n) is 2.50. The smallest absolute Gasteiger partial charge is 0.336 e. The molecule has 1 N–H and O–H groups in total. The van der Waals surface area contributed by atoms with E-state index >= 15 is 0 Å². The summed E-state index contributed by atoms with van der Waals surface area (Å²) >= 11 is 2.95. The van der Waals surface area contributed by atoms with E-state index in [-0.39, 0.29) is 14.9 Å². The van der Waals surface area contributed by atoms with E-state index in [9.17, 15) is 17.8 Å². The van der Waals surface area contributed by atoms with Crippen LogP contribution in [0.3, 0.4) is 0 Å². The van der Waals surface area contributed by atoms with Crippen molar-refractivity contribution in [1.29, 1.82) is 0 Å². The van der Waals surface area contributed by atoms with Gasteiger partial charge in [-0.05, 0) is 34.1 Å². The molecule has 1 aromatic rings. The summed E-state index contributed by atoms with van der Waals surface area (Å²) in [5.41, 5.74) is -0.193. The standard InChI is InChI=1S/C8H5BrF2O3S/c9-6-2-1-4(15(14)8(10)11)3-5(6)7(12)13/h1-3,8H,(H,12,13). The maximum absolute atomic E-state index is 12.1. The molecule has 1 rings (SSSR count). The molecule has 0 aliphatic carbocycles. The summed E-state index contributed by atoms with van der Waals surface area (Å²) in [5.74, 6) is -4.29. The van der Waals surface area contributed by atoms with Crippen molar-refractivity contribution in [3.8, 4) is 0 Å². The summed E-state index contributed by atoms with van der Waals surface area (Å²) in [6, 6.07) is 3.44. The lowest BCUT2D eigenvalue weighted by atomic mass is 10.2. The largest absolute Gasteiger partial charge is 0.478 e. The van der Waals surface area contributed by atoms with Gasteiger partial charge >= 0.3 is 11.7 Å². The van der Waals surface area contributed by atoms with Gasteiger partial charge in [-0.2, -0.15) is 8.78 Å². The second-order valence-corrected chi connectivity index (χ2v) is 4.78. The van der Waals surface area contributed by atoms with E-state index < -0.39 is 22.5 Å². The Bertz CT molecular complexity index is 422. The van der Waals surface area contributed by atoms with Gasteiger partial charge in [-0.25, -0.2) is 9.00 Å². The predicted molar refractivity (Wildman–Crippen MR) is 53.5 cm³/mol. The Morgan fingerprint density at radius 3 is 2.53 bits per heavy atom. The van der Waals surface area contributed by atoms with Gasteiger partial charge in [0.15, 0.2) is 0 Å². The number of carboxylic acid groups (broad SMARTS) is 1. The van der Waals surface area contributed by atoms with E-state index in [0.717, 1.165) is 6.07 Å². The minimum atomic E-state index is -3.02. The van der Waals surface area contributed by atoms with Gasteiger partial charge < -0.3 is 5.11 Å². The number of carboxylic acids is 1. The molecule has 0 aliphatic heterocycles. The molecule has 1 atom stereocenters. The van der Waals surface area contributed by atoms with Crippen LogP contribution in [-0.2, 0) is 10.8 Å². The van der Waals surface area contributed by atoms with Crippen molar-refractivity contribution in [2.75, 3.05) is 0 Å². The maximum atomic E-state index is 12.1. The zero-order valence-corrected chi connectivity index (χ0v) is 9.52. The van der Waals surface area contributed by atoms with E-state index in [1.165, 1.54) is 12.1 Å². The normalized spacial score (nSPS) is 12.8. The molecule has 3 nitrogen and oxygen atoms in total. The van der Waals surface area contributed by atoms with Crippen LogP contribution in [-0.4, -0.2) is 21.0 Å². The molecule has 0 aliphatic rings. The number of benzene rings is 1. The quantitative estimate of drug-likeness (QED) is 0.933. The Hall–Kier alpha value is -0.820. The fraction of sp³-hybridized carbons (Fsp3) is 0.125. The van der Waals surface area contributed by atoms with Crippen LogP contribution < -0.4 is 0 Å². The molecule has 15 heavy (non-hydrogen) atoms. The minimum absolute atomic E-state index is 0.193. The predicted octanol–water partition coefficient (Wildman–Crippen LogP) is 2.48. The summed E-state index contributed by atoms with van der Waals surface area (Å²) in [6.45, 7) is 0. The van der Waals surface area contributed by atoms with Gasteiger partial charge in [0.05, 0.1) is 5.56 Å². The molecule has 1 unspecified atom stereocenters. The molecular formula is C8H5BrF2O3S. The molecule has 0 saturated carbocycles. The van der Waals surface area contributed by atoms with E-state index in [0.29, 0.717) is 0 Å². The third-order valence-electron chi connectivity index (χ3n) is 1.56. The van der Waals surface area contributed by atoms with Crippen LogP contribution in [0, 0.1) is 0 Å². The SMILES string of the molecule is O=C(O)c1cc(S(=O)C(F)F)ccc1Br. The highest BCUT2D eigenvalue weighted by molar-refractivity contribution is 9.10. The monoisotopic (exact) mass is 298 g/mol. The van der Waals surface area contributed by atoms with E-state index in [4.69, 9.17) is 5.11 Å². The highest BCUT2D eigenvalue weighted by atomic mass is 79.9. The van der Waals surface area contributed by atoms with Gasteiger partial charge in [-0.15, -0.1) is 0 Å². The highest BCUT2D eigenvalue weighted by Crippen LogP contribution is 2.22. The van der Waals surface area contributed by atoms with E-state index in [1.807, 2.05) is 0 Å². The zero-order valence-electron chi connectivity index (χ0n) is 7.12. The van der Waals surface area contributed by atoms with Crippen LogP contribution >= 0.6 is 15.9 Å². The van der Waals surface area contributed by atoms with Crippen LogP contribution in [0.4, 0.5) is 8.78 Å². The molecule has 0 aromatic heterocycles. The van der Waals surface area contributed by atoms with Crippen molar-refractivity contribution >= 4 is 32.7 Å². The molecule has 0 spiro atoms. The van der Waals surface area contributed by atoms with Gasteiger partial charge in [0.1, 0.15) is 10.8 Å². The van der Waals surface area contributed by atoms with Crippen molar-refractivity contribution in [2.24, 2.45) is 0 Å². The van der Waals surface area contributed by atoms with Crippen LogP contribution in [0.25, 0.3) is 0 Å². The van der Waals surface area contributed by atoms with Crippen molar-refractivity contribution < 1.29 is 22.9 Å². The Labute approximate surface area is 94.7 Å². The Morgan fingerprint density at radius 2 is 2.07 bits per heavy atom. The molecule has 82 valence electrons. The number of alkyl halides is 2. The number of hydrogen-bond donors (Lipinski definition) is 1. The third-order valence-corrected chi connectivity index (χ3v) is 3.30. The van der Waals surface area contributed by atoms with Crippen molar-refractivity contribution in [3.05, 3.63) is 28.2 Å². The van der Waals surface area contributed by atoms with E-state index in [1.54, 1.807) is 0 Å². The van der Waals surface area contributed by atoms with Crippen molar-refractivity contribution in [2.45, 2.75) is 10.7 Å². The molecule has 1 aromatic carbocycles. The Balaban J connectivity index is 3.19. The lowest BCUT2D eigenvalue weighted by molar-refractivity contribution is 0.0695. The fourth-order valence-electron chi connectivity index (χ4n) is 0.896. The summed E-state index contributed by atoms with van der Waals surface area (Å²) in [4.78, 5) is 10.4. The van der Waals surface area contributed by atoms with Gasteiger partial charge in [0.2, 0.25) is 0 Å². The first-order chi connectivity index (χ1) is 6.93. The summed E-state index contributed by atoms with van der Waals surface area (Å²) in [6.07, 6.45) is 0. The Morgan fingerprint density at radius 1 is 1.47 bits per heavy atom. The van der Waals surface area contributed by atoms with Gasteiger partial charge in [0, 0.05) is 9.37 Å². The highest BCUT2D eigenvalue weighted by Gasteiger charge is 2.18. The topological polar surface area (TPSA) is 54.4 Å². The average Bonchev–Trinajstić information content (AvgIpc) is 2.16. The number of carbonyl (C=O) groups is 1. The molecule has 0 bridgehead atoms. The van der Waals surface area contributed by atoms with Gasteiger partial charge in [0.25, 0.3) is 0 Å². The van der Waals surface area contributed by atoms with Crippen molar-refractivity contribution in [1.82, 2.24) is 0 Å². The Kier molecular flexibility index (Phi) is 3.92. The number of hydrogen-bond acceptors (Lipinski definition) is 2. The lowest BCUT2D eigenvalue weighted by Gasteiger charge is -2.03. The van der Waals surface area contributed by atoms with Gasteiger partial charge in [-0.3, -0.25) is 0 Å². The minimum Gasteiger partial charge on any atom is -0.478 e. The third kappa shape index (κ3) is 2.82. The van der Waals surface area contributed by atoms with E-state index in [2.05, 4.69) is 15.9 Å².